The average Bonchev–Trinajstić information content (AvgIpc) is 2.17. The van der Waals surface area contributed by atoms with Crippen LogP contribution in [0.4, 0.5) is 0 Å². The van der Waals surface area contributed by atoms with Gasteiger partial charge in [-0.1, -0.05) is 0 Å². The second-order valence-corrected chi connectivity index (χ2v) is 4.73. The lowest BCUT2D eigenvalue weighted by Crippen LogP contribution is -2.02. The van der Waals surface area contributed by atoms with Gasteiger partial charge in [0.1, 0.15) is 9.21 Å². The Labute approximate surface area is 90.7 Å². The van der Waals surface area contributed by atoms with E-state index in [0.29, 0.717) is 6.04 Å². The first kappa shape index (κ1) is 9.74. The largest absolute Gasteiger partial charge is 0.254 e. The standard InChI is InChI=1S/C6H7Br3N2/c1-3(2)11-6(9)4(7)5(8)10-11/h3H,1-2H3. The summed E-state index contributed by atoms with van der Waals surface area (Å²) in [6, 6.07) is 0.368. The van der Waals surface area contributed by atoms with Crippen molar-refractivity contribution >= 4 is 47.8 Å². The number of rotatable bonds is 1. The molecule has 2 nitrogen and oxygen atoms in total. The number of aromatic nitrogens is 2. The molecule has 11 heavy (non-hydrogen) atoms. The summed E-state index contributed by atoms with van der Waals surface area (Å²) < 4.78 is 4.66. The van der Waals surface area contributed by atoms with Gasteiger partial charge in [0.15, 0.2) is 0 Å². The predicted octanol–water partition coefficient (Wildman–Crippen LogP) is 3.75. The molecule has 0 saturated carbocycles. The highest BCUT2D eigenvalue weighted by atomic mass is 79.9. The van der Waals surface area contributed by atoms with Crippen LogP contribution in [0, 0.1) is 0 Å². The van der Waals surface area contributed by atoms with E-state index in [9.17, 15) is 0 Å². The Balaban J connectivity index is 3.19. The van der Waals surface area contributed by atoms with Crippen molar-refractivity contribution in [3.8, 4) is 0 Å². The van der Waals surface area contributed by atoms with Crippen LogP contribution in [0.5, 0.6) is 0 Å². The maximum absolute atomic E-state index is 4.25. The van der Waals surface area contributed by atoms with Crippen LogP contribution in [0.15, 0.2) is 13.7 Å². The Hall–Kier alpha value is 0.650. The third-order valence-corrected chi connectivity index (χ3v) is 4.38. The molecule has 0 unspecified atom stereocenters. The molecule has 0 N–H and O–H groups in total. The van der Waals surface area contributed by atoms with Crippen LogP contribution in [-0.4, -0.2) is 9.78 Å². The fourth-order valence-electron chi connectivity index (χ4n) is 0.710. The van der Waals surface area contributed by atoms with Gasteiger partial charge in [0.2, 0.25) is 0 Å². The Kier molecular flexibility index (Phi) is 3.17. The van der Waals surface area contributed by atoms with Gasteiger partial charge in [-0.2, -0.15) is 5.10 Å². The van der Waals surface area contributed by atoms with E-state index in [0.717, 1.165) is 13.7 Å². The van der Waals surface area contributed by atoms with Crippen molar-refractivity contribution in [2.24, 2.45) is 0 Å². The van der Waals surface area contributed by atoms with Gasteiger partial charge in [0.05, 0.1) is 4.47 Å². The van der Waals surface area contributed by atoms with Crippen molar-refractivity contribution in [3.05, 3.63) is 13.7 Å². The fraction of sp³-hybridized carbons (Fsp3) is 0.500. The van der Waals surface area contributed by atoms with E-state index < -0.39 is 0 Å². The molecule has 1 aromatic rings. The van der Waals surface area contributed by atoms with E-state index in [4.69, 9.17) is 0 Å². The number of nitrogens with zero attached hydrogens (tertiary/aromatic N) is 2. The summed E-state index contributed by atoms with van der Waals surface area (Å²) in [5.74, 6) is 0. The third kappa shape index (κ3) is 1.87. The fourth-order valence-corrected chi connectivity index (χ4v) is 2.27. The first-order valence-corrected chi connectivity index (χ1v) is 5.51. The van der Waals surface area contributed by atoms with Crippen LogP contribution in [0.3, 0.4) is 0 Å². The molecule has 0 fully saturated rings. The molecular formula is C6H7Br3N2. The van der Waals surface area contributed by atoms with E-state index >= 15 is 0 Å². The first-order valence-electron chi connectivity index (χ1n) is 3.13. The average molecular weight is 347 g/mol. The summed E-state index contributed by atoms with van der Waals surface area (Å²) in [5, 5.41) is 4.25. The van der Waals surface area contributed by atoms with Crippen LogP contribution >= 0.6 is 47.8 Å². The molecule has 1 heterocycles. The molecule has 0 aromatic carbocycles. The molecule has 5 heteroatoms. The van der Waals surface area contributed by atoms with Crippen LogP contribution in [0.25, 0.3) is 0 Å². The molecule has 0 aliphatic carbocycles. The summed E-state index contributed by atoms with van der Waals surface area (Å²) >= 11 is 10.1. The van der Waals surface area contributed by atoms with Gasteiger partial charge in [-0.25, -0.2) is 0 Å². The molecule has 0 aliphatic heterocycles. The van der Waals surface area contributed by atoms with Crippen molar-refractivity contribution in [3.63, 3.8) is 0 Å². The number of hydrogen-bond acceptors (Lipinski definition) is 1. The molecule has 1 aromatic heterocycles. The molecule has 1 rings (SSSR count). The van der Waals surface area contributed by atoms with Gasteiger partial charge in [-0.05, 0) is 61.6 Å². The van der Waals surface area contributed by atoms with Crippen LogP contribution < -0.4 is 0 Å². The Morgan fingerprint density at radius 3 is 2.00 bits per heavy atom. The molecule has 0 aliphatic rings. The molecule has 0 saturated heterocycles. The SMILES string of the molecule is CC(C)n1nc(Br)c(Br)c1Br. The Morgan fingerprint density at radius 1 is 1.27 bits per heavy atom. The molecule has 0 spiro atoms. The first-order chi connectivity index (χ1) is 5.04. The van der Waals surface area contributed by atoms with E-state index in [-0.39, 0.29) is 0 Å². The van der Waals surface area contributed by atoms with Crippen LogP contribution in [0.2, 0.25) is 0 Å². The highest BCUT2D eigenvalue weighted by molar-refractivity contribution is 9.14. The summed E-state index contributed by atoms with van der Waals surface area (Å²) in [4.78, 5) is 0. The highest BCUT2D eigenvalue weighted by Gasteiger charge is 2.12. The molecule has 0 amide bonds. The highest BCUT2D eigenvalue weighted by Crippen LogP contribution is 2.31. The minimum absolute atomic E-state index is 0.368. The zero-order chi connectivity index (χ0) is 8.59. The second kappa shape index (κ2) is 3.58. The van der Waals surface area contributed by atoms with Gasteiger partial charge in [-0.3, -0.25) is 4.68 Å². The van der Waals surface area contributed by atoms with Crippen molar-refractivity contribution in [1.82, 2.24) is 9.78 Å². The monoisotopic (exact) mass is 344 g/mol. The maximum Gasteiger partial charge on any atom is 0.143 e. The second-order valence-electron chi connectivity index (χ2n) is 2.43. The van der Waals surface area contributed by atoms with Crippen molar-refractivity contribution < 1.29 is 0 Å². The summed E-state index contributed by atoms with van der Waals surface area (Å²) in [5.41, 5.74) is 0. The predicted molar refractivity (Wildman–Crippen MR) is 55.7 cm³/mol. The smallest absolute Gasteiger partial charge is 0.143 e. The topological polar surface area (TPSA) is 17.8 Å². The lowest BCUT2D eigenvalue weighted by Gasteiger charge is -2.05. The summed E-state index contributed by atoms with van der Waals surface area (Å²) in [7, 11) is 0. The van der Waals surface area contributed by atoms with Crippen molar-refractivity contribution in [2.45, 2.75) is 19.9 Å². The minimum atomic E-state index is 0.368. The zero-order valence-electron chi connectivity index (χ0n) is 6.11. The van der Waals surface area contributed by atoms with Gasteiger partial charge >= 0.3 is 0 Å². The zero-order valence-corrected chi connectivity index (χ0v) is 10.9. The quantitative estimate of drug-likeness (QED) is 0.757. The van der Waals surface area contributed by atoms with Gasteiger partial charge in [-0.15, -0.1) is 0 Å². The van der Waals surface area contributed by atoms with Gasteiger partial charge in [0.25, 0.3) is 0 Å². The molecule has 0 radical (unpaired) electrons. The van der Waals surface area contributed by atoms with Crippen LogP contribution in [-0.2, 0) is 0 Å². The Bertz CT molecular complexity index is 267. The Morgan fingerprint density at radius 2 is 1.82 bits per heavy atom. The lowest BCUT2D eigenvalue weighted by molar-refractivity contribution is 0.519. The van der Waals surface area contributed by atoms with E-state index in [1.807, 2.05) is 4.68 Å². The van der Waals surface area contributed by atoms with Crippen molar-refractivity contribution in [1.29, 1.82) is 0 Å². The minimum Gasteiger partial charge on any atom is -0.254 e. The molecule has 0 bridgehead atoms. The molecular weight excluding hydrogens is 340 g/mol. The summed E-state index contributed by atoms with van der Waals surface area (Å²) in [6.07, 6.45) is 0. The number of hydrogen-bond donors (Lipinski definition) is 0. The van der Waals surface area contributed by atoms with Gasteiger partial charge in [0, 0.05) is 6.04 Å². The lowest BCUT2D eigenvalue weighted by atomic mass is 10.4. The third-order valence-electron chi connectivity index (χ3n) is 1.25. The van der Waals surface area contributed by atoms with E-state index in [1.165, 1.54) is 0 Å². The van der Waals surface area contributed by atoms with Crippen molar-refractivity contribution in [2.75, 3.05) is 0 Å². The summed E-state index contributed by atoms with van der Waals surface area (Å²) in [6.45, 7) is 4.16. The van der Waals surface area contributed by atoms with E-state index in [1.54, 1.807) is 0 Å². The van der Waals surface area contributed by atoms with E-state index in [2.05, 4.69) is 66.7 Å². The maximum atomic E-state index is 4.25. The van der Waals surface area contributed by atoms with Crippen LogP contribution in [0.1, 0.15) is 19.9 Å². The molecule has 0 atom stereocenters. The normalized spacial score (nSPS) is 11.1. The number of halogens is 3. The van der Waals surface area contributed by atoms with Gasteiger partial charge < -0.3 is 0 Å². The molecule has 62 valence electrons.